The maximum Gasteiger partial charge on any atom is 0.251 e. The molecule has 1 aromatic rings. The van der Waals surface area contributed by atoms with E-state index in [0.29, 0.717) is 11.5 Å². The standard InChI is InChI=1S/C18H30N2O4S/c1-13(2)8-7-9-14(3)19-18(21)15-10-11-16(24-6)17(12-15)25(22,23)20(4)5/h10-14H,7-9H2,1-6H3,(H,19,21). The number of amides is 1. The second-order valence-electron chi connectivity index (χ2n) is 6.85. The van der Waals surface area contributed by atoms with Gasteiger partial charge in [-0.1, -0.05) is 26.7 Å². The first-order chi connectivity index (χ1) is 11.6. The van der Waals surface area contributed by atoms with E-state index in [0.717, 1.165) is 23.6 Å². The number of methoxy groups -OCH3 is 1. The fraction of sp³-hybridized carbons (Fsp3) is 0.611. The SMILES string of the molecule is COc1ccc(C(=O)NC(C)CCCC(C)C)cc1S(=O)(=O)N(C)C. The molecular formula is C18H30N2O4S. The number of nitrogens with zero attached hydrogens (tertiary/aromatic N) is 1. The van der Waals surface area contributed by atoms with Crippen molar-refractivity contribution in [1.82, 2.24) is 9.62 Å². The first-order valence-electron chi connectivity index (χ1n) is 8.51. The van der Waals surface area contributed by atoms with Crippen molar-refractivity contribution in [2.45, 2.75) is 51.0 Å². The molecule has 1 rings (SSSR count). The van der Waals surface area contributed by atoms with Crippen molar-refractivity contribution >= 4 is 15.9 Å². The lowest BCUT2D eigenvalue weighted by molar-refractivity contribution is 0.0937. The van der Waals surface area contributed by atoms with E-state index in [9.17, 15) is 13.2 Å². The van der Waals surface area contributed by atoms with Gasteiger partial charge in [0.1, 0.15) is 10.6 Å². The van der Waals surface area contributed by atoms with Gasteiger partial charge in [0.25, 0.3) is 5.91 Å². The zero-order chi connectivity index (χ0) is 19.2. The number of hydrogen-bond acceptors (Lipinski definition) is 4. The predicted octanol–water partition coefficient (Wildman–Crippen LogP) is 2.89. The molecule has 0 aliphatic carbocycles. The molecule has 0 aromatic heterocycles. The van der Waals surface area contributed by atoms with Crippen LogP contribution in [0.3, 0.4) is 0 Å². The lowest BCUT2D eigenvalue weighted by atomic mass is 10.0. The molecule has 7 heteroatoms. The Balaban J connectivity index is 2.93. The number of benzene rings is 1. The molecule has 1 unspecified atom stereocenters. The molecule has 142 valence electrons. The summed E-state index contributed by atoms with van der Waals surface area (Å²) in [5.41, 5.74) is 0.303. The fourth-order valence-corrected chi connectivity index (χ4v) is 3.50. The van der Waals surface area contributed by atoms with E-state index in [2.05, 4.69) is 19.2 Å². The Morgan fingerprint density at radius 2 is 1.84 bits per heavy atom. The van der Waals surface area contributed by atoms with Crippen molar-refractivity contribution in [3.8, 4) is 5.75 Å². The van der Waals surface area contributed by atoms with E-state index in [1.807, 2.05) is 6.92 Å². The second kappa shape index (κ2) is 9.20. The molecule has 1 atom stereocenters. The van der Waals surface area contributed by atoms with Gasteiger partial charge in [-0.05, 0) is 37.5 Å². The first-order valence-corrected chi connectivity index (χ1v) is 9.95. The minimum atomic E-state index is -3.70. The molecule has 0 aliphatic rings. The maximum absolute atomic E-state index is 12.4. The third-order valence-electron chi connectivity index (χ3n) is 3.98. The molecule has 0 aliphatic heterocycles. The van der Waals surface area contributed by atoms with Crippen LogP contribution in [0.25, 0.3) is 0 Å². The molecule has 0 fully saturated rings. The first kappa shape index (κ1) is 21.4. The van der Waals surface area contributed by atoms with E-state index < -0.39 is 10.0 Å². The van der Waals surface area contributed by atoms with Crippen LogP contribution in [-0.2, 0) is 10.0 Å². The molecule has 0 saturated carbocycles. The molecule has 0 radical (unpaired) electrons. The summed E-state index contributed by atoms with van der Waals surface area (Å²) in [7, 11) is 0.589. The van der Waals surface area contributed by atoms with Crippen LogP contribution in [0.4, 0.5) is 0 Å². The molecule has 1 amide bonds. The number of carbonyl (C=O) groups excluding carboxylic acids is 1. The summed E-state index contributed by atoms with van der Waals surface area (Å²) in [5.74, 6) is 0.577. The van der Waals surface area contributed by atoms with Crippen LogP contribution < -0.4 is 10.1 Å². The van der Waals surface area contributed by atoms with Crippen LogP contribution >= 0.6 is 0 Å². The lowest BCUT2D eigenvalue weighted by Gasteiger charge is -2.17. The van der Waals surface area contributed by atoms with Crippen molar-refractivity contribution in [3.63, 3.8) is 0 Å². The highest BCUT2D eigenvalue weighted by Crippen LogP contribution is 2.27. The van der Waals surface area contributed by atoms with Gasteiger partial charge in [-0.3, -0.25) is 4.79 Å². The summed E-state index contributed by atoms with van der Waals surface area (Å²) in [6.45, 7) is 6.31. The van der Waals surface area contributed by atoms with Gasteiger partial charge in [0, 0.05) is 25.7 Å². The highest BCUT2D eigenvalue weighted by molar-refractivity contribution is 7.89. The highest BCUT2D eigenvalue weighted by atomic mass is 32.2. The topological polar surface area (TPSA) is 75.7 Å². The van der Waals surface area contributed by atoms with Crippen molar-refractivity contribution in [1.29, 1.82) is 0 Å². The third-order valence-corrected chi connectivity index (χ3v) is 5.82. The van der Waals surface area contributed by atoms with Gasteiger partial charge in [0.15, 0.2) is 0 Å². The van der Waals surface area contributed by atoms with E-state index in [1.54, 1.807) is 6.07 Å². The zero-order valence-corrected chi connectivity index (χ0v) is 16.8. The third kappa shape index (κ3) is 6.01. The number of rotatable bonds is 9. The molecule has 0 saturated heterocycles. The quantitative estimate of drug-likeness (QED) is 0.725. The largest absolute Gasteiger partial charge is 0.495 e. The van der Waals surface area contributed by atoms with Gasteiger partial charge in [-0.25, -0.2) is 12.7 Å². The maximum atomic E-state index is 12.4. The minimum absolute atomic E-state index is 0.0138. The Morgan fingerprint density at radius 3 is 2.36 bits per heavy atom. The van der Waals surface area contributed by atoms with Crippen LogP contribution in [-0.4, -0.2) is 45.9 Å². The molecule has 6 nitrogen and oxygen atoms in total. The Labute approximate surface area is 151 Å². The smallest absolute Gasteiger partial charge is 0.251 e. The molecule has 1 N–H and O–H groups in total. The average molecular weight is 371 g/mol. The monoisotopic (exact) mass is 370 g/mol. The van der Waals surface area contributed by atoms with Crippen molar-refractivity contribution in [2.24, 2.45) is 5.92 Å². The number of ether oxygens (including phenoxy) is 1. The number of carbonyl (C=O) groups is 1. The highest BCUT2D eigenvalue weighted by Gasteiger charge is 2.24. The molecule has 25 heavy (non-hydrogen) atoms. The van der Waals surface area contributed by atoms with Crippen LogP contribution in [0.5, 0.6) is 5.75 Å². The molecule has 0 spiro atoms. The van der Waals surface area contributed by atoms with E-state index in [1.165, 1.54) is 33.3 Å². The number of sulfonamides is 1. The lowest BCUT2D eigenvalue weighted by Crippen LogP contribution is -2.32. The molecule has 0 bridgehead atoms. The Hall–Kier alpha value is -1.60. The summed E-state index contributed by atoms with van der Waals surface area (Å²) in [6, 6.07) is 4.48. The Bertz CT molecular complexity index is 684. The summed E-state index contributed by atoms with van der Waals surface area (Å²) in [4.78, 5) is 12.4. The van der Waals surface area contributed by atoms with Crippen molar-refractivity contribution in [2.75, 3.05) is 21.2 Å². The van der Waals surface area contributed by atoms with Crippen LogP contribution in [0, 0.1) is 5.92 Å². The summed E-state index contributed by atoms with van der Waals surface area (Å²) >= 11 is 0. The average Bonchev–Trinajstić information content (AvgIpc) is 2.53. The molecular weight excluding hydrogens is 340 g/mol. The molecule has 1 aromatic carbocycles. The number of nitrogens with one attached hydrogen (secondary N) is 1. The van der Waals surface area contributed by atoms with E-state index >= 15 is 0 Å². The molecule has 0 heterocycles. The van der Waals surface area contributed by atoms with Gasteiger partial charge in [-0.15, -0.1) is 0 Å². The van der Waals surface area contributed by atoms with Crippen LogP contribution in [0.15, 0.2) is 23.1 Å². The minimum Gasteiger partial charge on any atom is -0.495 e. The van der Waals surface area contributed by atoms with Crippen LogP contribution in [0.2, 0.25) is 0 Å². The van der Waals surface area contributed by atoms with E-state index in [-0.39, 0.29) is 22.6 Å². The van der Waals surface area contributed by atoms with Gasteiger partial charge in [0.2, 0.25) is 10.0 Å². The van der Waals surface area contributed by atoms with Gasteiger partial charge in [0.05, 0.1) is 7.11 Å². The van der Waals surface area contributed by atoms with Crippen LogP contribution in [0.1, 0.15) is 50.4 Å². The fourth-order valence-electron chi connectivity index (χ4n) is 2.43. The van der Waals surface area contributed by atoms with Crippen molar-refractivity contribution in [3.05, 3.63) is 23.8 Å². The second-order valence-corrected chi connectivity index (χ2v) is 8.97. The van der Waals surface area contributed by atoms with E-state index in [4.69, 9.17) is 4.74 Å². The normalized spacial score (nSPS) is 13.1. The van der Waals surface area contributed by atoms with Gasteiger partial charge in [-0.2, -0.15) is 0 Å². The Kier molecular flexibility index (Phi) is 7.89. The predicted molar refractivity (Wildman–Crippen MR) is 99.5 cm³/mol. The van der Waals surface area contributed by atoms with Crippen molar-refractivity contribution < 1.29 is 17.9 Å². The van der Waals surface area contributed by atoms with Gasteiger partial charge < -0.3 is 10.1 Å². The number of hydrogen-bond donors (Lipinski definition) is 1. The Morgan fingerprint density at radius 1 is 1.20 bits per heavy atom. The summed E-state index contributed by atoms with van der Waals surface area (Å²) in [6.07, 6.45) is 3.05. The summed E-state index contributed by atoms with van der Waals surface area (Å²) < 4.78 is 31.1. The van der Waals surface area contributed by atoms with Gasteiger partial charge >= 0.3 is 0 Å². The zero-order valence-electron chi connectivity index (χ0n) is 16.0. The summed E-state index contributed by atoms with van der Waals surface area (Å²) in [5, 5.41) is 2.93.